The topological polar surface area (TPSA) is 94.1 Å². The Balaban J connectivity index is 0. The number of unbranched alkanes of at least 4 members (excludes halogenated alkanes) is 12. The summed E-state index contributed by atoms with van der Waals surface area (Å²) in [6.45, 7) is 4.93. The molecule has 0 aromatic heterocycles. The fraction of sp³-hybridized carbons (Fsp3) is 0.909. The van der Waals surface area contributed by atoms with E-state index in [2.05, 4.69) is 23.2 Å². The molecule has 0 bridgehead atoms. The van der Waals surface area contributed by atoms with Crippen LogP contribution in [0, 0.1) is 0 Å². The maximum absolute atomic E-state index is 12.1. The van der Waals surface area contributed by atoms with Crippen LogP contribution in [0.2, 0.25) is 0 Å². The van der Waals surface area contributed by atoms with Crippen molar-refractivity contribution in [3.05, 3.63) is 0 Å². The van der Waals surface area contributed by atoms with Gasteiger partial charge in [0.15, 0.2) is 0 Å². The van der Waals surface area contributed by atoms with Crippen molar-refractivity contribution in [2.75, 3.05) is 13.2 Å². The Kier molecular flexibility index (Phi) is 27.7. The molecule has 0 heterocycles. The van der Waals surface area contributed by atoms with Crippen molar-refractivity contribution in [3.8, 4) is 0 Å². The van der Waals surface area contributed by atoms with Gasteiger partial charge in [0.2, 0.25) is 0 Å². The standard InChI is InChI=1S/C22H42O7S.Li/c1-3-5-7-9-10-11-12-13-14-16-17-26-21(23)19-20(30-29-28-25)22(24)27-18-15-8-6-4-2;/h20,25H,3-19H2,1-2H3;/q;+1/p-1. The van der Waals surface area contributed by atoms with Crippen molar-refractivity contribution >= 4 is 24.0 Å². The number of hydrogen-bond acceptors (Lipinski definition) is 8. The Morgan fingerprint density at radius 1 is 0.742 bits per heavy atom. The fourth-order valence-electron chi connectivity index (χ4n) is 3.00. The minimum Gasteiger partial charge on any atom is -0.691 e. The van der Waals surface area contributed by atoms with E-state index in [9.17, 15) is 14.8 Å². The molecule has 0 aliphatic carbocycles. The van der Waals surface area contributed by atoms with Crippen LogP contribution >= 0.6 is 12.0 Å². The Bertz CT molecular complexity index is 413. The molecule has 0 N–H and O–H groups in total. The summed E-state index contributed by atoms with van der Waals surface area (Å²) in [5.41, 5.74) is 0. The van der Waals surface area contributed by atoms with Crippen LogP contribution in [-0.2, 0) is 28.4 Å². The van der Waals surface area contributed by atoms with Gasteiger partial charge in [-0.25, -0.2) is 0 Å². The molecule has 0 aliphatic rings. The van der Waals surface area contributed by atoms with E-state index in [1.807, 2.05) is 0 Å². The molecule has 1 unspecified atom stereocenters. The molecule has 0 aromatic rings. The van der Waals surface area contributed by atoms with Gasteiger partial charge < -0.3 is 14.7 Å². The third-order valence-electron chi connectivity index (χ3n) is 4.80. The van der Waals surface area contributed by atoms with Crippen LogP contribution in [0.1, 0.15) is 110 Å². The normalized spacial score (nSPS) is 11.6. The zero-order valence-corrected chi connectivity index (χ0v) is 20.7. The minimum absolute atomic E-state index is 0. The molecular formula is C22H41LiO7S. The summed E-state index contributed by atoms with van der Waals surface area (Å²) >= 11 is 0.476. The largest absolute Gasteiger partial charge is 1.00 e. The maximum atomic E-state index is 12.1. The number of carbonyl (C=O) groups is 2. The van der Waals surface area contributed by atoms with Crippen LogP contribution in [0.5, 0.6) is 0 Å². The van der Waals surface area contributed by atoms with Gasteiger partial charge in [0.1, 0.15) is 5.25 Å². The third kappa shape index (κ3) is 22.7. The van der Waals surface area contributed by atoms with Gasteiger partial charge in [-0.3, -0.25) is 14.6 Å². The first-order valence-electron chi connectivity index (χ1n) is 11.6. The molecule has 178 valence electrons. The first-order chi connectivity index (χ1) is 14.7. The average molecular weight is 457 g/mol. The molecule has 0 fully saturated rings. The van der Waals surface area contributed by atoms with E-state index < -0.39 is 17.2 Å². The maximum Gasteiger partial charge on any atom is 1.00 e. The van der Waals surface area contributed by atoms with Gasteiger partial charge in [0.05, 0.1) is 19.6 Å². The van der Waals surface area contributed by atoms with E-state index in [1.54, 1.807) is 0 Å². The van der Waals surface area contributed by atoms with E-state index in [0.717, 1.165) is 44.9 Å². The Morgan fingerprint density at radius 2 is 1.19 bits per heavy atom. The van der Waals surface area contributed by atoms with Gasteiger partial charge in [-0.2, -0.15) is 4.33 Å². The monoisotopic (exact) mass is 456 g/mol. The quantitative estimate of drug-likeness (QED) is 0.0611. The summed E-state index contributed by atoms with van der Waals surface area (Å²) in [6.07, 6.45) is 15.7. The van der Waals surface area contributed by atoms with Crippen molar-refractivity contribution in [2.45, 2.75) is 115 Å². The Hall–Kier alpha value is -0.233. The molecule has 0 amide bonds. The van der Waals surface area contributed by atoms with Crippen LogP contribution in [0.4, 0.5) is 0 Å². The van der Waals surface area contributed by atoms with Gasteiger partial charge in [-0.05, 0) is 12.8 Å². The Labute approximate surface area is 204 Å². The summed E-state index contributed by atoms with van der Waals surface area (Å²) in [5.74, 6) is -1.12. The van der Waals surface area contributed by atoms with E-state index >= 15 is 0 Å². The van der Waals surface area contributed by atoms with Crippen molar-refractivity contribution in [2.24, 2.45) is 0 Å². The second kappa shape index (κ2) is 26.0. The number of esters is 2. The minimum atomic E-state index is -0.981. The molecule has 0 saturated heterocycles. The zero-order chi connectivity index (χ0) is 22.3. The van der Waals surface area contributed by atoms with Gasteiger partial charge in [0.25, 0.3) is 0 Å². The first-order valence-corrected chi connectivity index (χ1v) is 12.4. The van der Waals surface area contributed by atoms with Crippen molar-refractivity contribution in [1.82, 2.24) is 0 Å². The predicted molar refractivity (Wildman–Crippen MR) is 116 cm³/mol. The van der Waals surface area contributed by atoms with Crippen molar-refractivity contribution in [3.63, 3.8) is 0 Å². The molecular weight excluding hydrogens is 415 g/mol. The van der Waals surface area contributed by atoms with Gasteiger partial charge in [0, 0.05) is 12.0 Å². The summed E-state index contributed by atoms with van der Waals surface area (Å²) in [6, 6.07) is 0. The Morgan fingerprint density at radius 3 is 1.71 bits per heavy atom. The van der Waals surface area contributed by atoms with Crippen LogP contribution in [0.3, 0.4) is 0 Å². The molecule has 0 rings (SSSR count). The molecule has 0 radical (unpaired) electrons. The molecule has 0 saturated carbocycles. The second-order valence-electron chi connectivity index (χ2n) is 7.56. The molecule has 31 heavy (non-hydrogen) atoms. The average Bonchev–Trinajstić information content (AvgIpc) is 2.74. The van der Waals surface area contributed by atoms with E-state index in [1.165, 1.54) is 44.9 Å². The predicted octanol–water partition coefficient (Wildman–Crippen LogP) is 2.21. The summed E-state index contributed by atoms with van der Waals surface area (Å²) < 4.78 is 14.6. The molecule has 1 atom stereocenters. The van der Waals surface area contributed by atoms with Crippen LogP contribution in [-0.4, -0.2) is 30.4 Å². The summed E-state index contributed by atoms with van der Waals surface area (Å²) in [7, 11) is 0. The van der Waals surface area contributed by atoms with E-state index in [-0.39, 0.29) is 31.9 Å². The molecule has 9 heteroatoms. The second-order valence-corrected chi connectivity index (χ2v) is 8.45. The smallest absolute Gasteiger partial charge is 0.691 e. The third-order valence-corrected chi connectivity index (χ3v) is 5.53. The summed E-state index contributed by atoms with van der Waals surface area (Å²) in [5, 5.41) is 12.4. The van der Waals surface area contributed by atoms with E-state index in [0.29, 0.717) is 18.6 Å². The zero-order valence-electron chi connectivity index (χ0n) is 19.9. The molecule has 0 aliphatic heterocycles. The molecule has 7 nitrogen and oxygen atoms in total. The summed E-state index contributed by atoms with van der Waals surface area (Å²) in [4.78, 5) is 24.1. The van der Waals surface area contributed by atoms with Crippen LogP contribution in [0.15, 0.2) is 0 Å². The van der Waals surface area contributed by atoms with Crippen LogP contribution in [0.25, 0.3) is 0 Å². The van der Waals surface area contributed by atoms with Gasteiger partial charge in [-0.1, -0.05) is 90.9 Å². The van der Waals surface area contributed by atoms with Crippen LogP contribution < -0.4 is 24.1 Å². The van der Waals surface area contributed by atoms with Gasteiger partial charge >= 0.3 is 30.8 Å². The van der Waals surface area contributed by atoms with Crippen molar-refractivity contribution < 1.29 is 52.6 Å². The number of carbonyl (C=O) groups excluding carboxylic acids is 2. The SMILES string of the molecule is CCCCCCCCCCCCOC(=O)CC(SOO[O-])C(=O)OCCCCCC.[Li+]. The number of hydrogen-bond donors (Lipinski definition) is 0. The molecule has 0 aromatic carbocycles. The number of ether oxygens (including phenoxy) is 2. The van der Waals surface area contributed by atoms with Crippen molar-refractivity contribution in [1.29, 1.82) is 0 Å². The fourth-order valence-corrected chi connectivity index (χ4v) is 3.48. The number of rotatable bonds is 22. The molecule has 0 spiro atoms. The first kappa shape index (κ1) is 32.9. The van der Waals surface area contributed by atoms with E-state index in [4.69, 9.17) is 9.47 Å². The van der Waals surface area contributed by atoms with Gasteiger partial charge in [-0.15, -0.1) is 0 Å².